The number of pyridine rings is 1. The third-order valence-electron chi connectivity index (χ3n) is 3.16. The molecule has 0 fully saturated rings. The van der Waals surface area contributed by atoms with Crippen molar-refractivity contribution in [1.29, 1.82) is 5.26 Å². The minimum absolute atomic E-state index is 0.580. The minimum atomic E-state index is 0.580. The van der Waals surface area contributed by atoms with Gasteiger partial charge in [-0.3, -0.25) is 4.98 Å². The topological polar surface area (TPSA) is 54.5 Å². The number of aromatic nitrogens is 3. The van der Waals surface area contributed by atoms with Gasteiger partial charge in [0, 0.05) is 24.5 Å². The van der Waals surface area contributed by atoms with Gasteiger partial charge in [0.25, 0.3) is 0 Å². The number of nitriles is 1. The molecule has 0 saturated heterocycles. The van der Waals surface area contributed by atoms with Gasteiger partial charge in [0.1, 0.15) is 11.9 Å². The average Bonchev–Trinajstić information content (AvgIpc) is 2.78. The molecule has 0 aliphatic carbocycles. The summed E-state index contributed by atoms with van der Waals surface area (Å²) in [6.45, 7) is 0.960. The van der Waals surface area contributed by atoms with E-state index in [4.69, 9.17) is 5.26 Å². The molecular formula is C13H12N4. The summed E-state index contributed by atoms with van der Waals surface area (Å²) >= 11 is 0. The zero-order valence-corrected chi connectivity index (χ0v) is 9.43. The van der Waals surface area contributed by atoms with Crippen molar-refractivity contribution >= 4 is 0 Å². The first-order valence-electron chi connectivity index (χ1n) is 5.80. The number of hydrogen-bond acceptors (Lipinski definition) is 3. The molecule has 3 heterocycles. The van der Waals surface area contributed by atoms with Crippen molar-refractivity contribution < 1.29 is 0 Å². The Balaban J connectivity index is 2.18. The van der Waals surface area contributed by atoms with Crippen LogP contribution in [-0.2, 0) is 13.0 Å². The SMILES string of the molecule is N#Cc1nc(-c2ccncc2)n2c1CCCC2. The molecule has 4 heteroatoms. The van der Waals surface area contributed by atoms with Crippen LogP contribution in [0, 0.1) is 11.3 Å². The first-order chi connectivity index (χ1) is 8.40. The Hall–Kier alpha value is -2.15. The highest BCUT2D eigenvalue weighted by Gasteiger charge is 2.20. The fraction of sp³-hybridized carbons (Fsp3) is 0.308. The summed E-state index contributed by atoms with van der Waals surface area (Å²) < 4.78 is 2.18. The summed E-state index contributed by atoms with van der Waals surface area (Å²) in [7, 11) is 0. The summed E-state index contributed by atoms with van der Waals surface area (Å²) in [5.41, 5.74) is 2.70. The van der Waals surface area contributed by atoms with E-state index in [2.05, 4.69) is 20.6 Å². The first-order valence-corrected chi connectivity index (χ1v) is 5.80. The van der Waals surface area contributed by atoms with Gasteiger partial charge < -0.3 is 4.57 Å². The van der Waals surface area contributed by atoms with Crippen LogP contribution in [0.3, 0.4) is 0 Å². The average molecular weight is 224 g/mol. The standard InChI is InChI=1S/C13H12N4/c14-9-11-12-3-1-2-8-17(12)13(16-11)10-4-6-15-7-5-10/h4-7H,1-3,8H2. The van der Waals surface area contributed by atoms with Gasteiger partial charge in [-0.15, -0.1) is 0 Å². The monoisotopic (exact) mass is 224 g/mol. The Labute approximate surface area is 99.6 Å². The van der Waals surface area contributed by atoms with E-state index in [1.807, 2.05) is 12.1 Å². The number of imidazole rings is 1. The summed E-state index contributed by atoms with van der Waals surface area (Å²) in [5, 5.41) is 9.12. The summed E-state index contributed by atoms with van der Waals surface area (Å²) in [6.07, 6.45) is 6.78. The molecular weight excluding hydrogens is 212 g/mol. The summed E-state index contributed by atoms with van der Waals surface area (Å²) in [5.74, 6) is 0.902. The molecule has 0 aromatic carbocycles. The molecule has 1 aliphatic heterocycles. The van der Waals surface area contributed by atoms with Crippen LogP contribution in [0.15, 0.2) is 24.5 Å². The van der Waals surface area contributed by atoms with E-state index in [-0.39, 0.29) is 0 Å². The predicted octanol–water partition coefficient (Wildman–Crippen LogP) is 2.15. The van der Waals surface area contributed by atoms with Crippen molar-refractivity contribution in [2.45, 2.75) is 25.8 Å². The molecule has 3 rings (SSSR count). The number of hydrogen-bond donors (Lipinski definition) is 0. The molecule has 4 nitrogen and oxygen atoms in total. The van der Waals surface area contributed by atoms with Crippen LogP contribution < -0.4 is 0 Å². The van der Waals surface area contributed by atoms with Crippen molar-refractivity contribution in [2.75, 3.05) is 0 Å². The van der Waals surface area contributed by atoms with Crippen molar-refractivity contribution in [3.63, 3.8) is 0 Å². The van der Waals surface area contributed by atoms with Crippen LogP contribution in [0.25, 0.3) is 11.4 Å². The molecule has 0 atom stereocenters. The summed E-state index contributed by atoms with van der Waals surface area (Å²) in [6, 6.07) is 6.07. The van der Waals surface area contributed by atoms with Crippen LogP contribution >= 0.6 is 0 Å². The molecule has 17 heavy (non-hydrogen) atoms. The fourth-order valence-electron chi connectivity index (χ4n) is 2.35. The maximum absolute atomic E-state index is 9.12. The van der Waals surface area contributed by atoms with Crippen LogP contribution in [0.4, 0.5) is 0 Å². The van der Waals surface area contributed by atoms with E-state index >= 15 is 0 Å². The van der Waals surface area contributed by atoms with Crippen LogP contribution in [0.1, 0.15) is 24.2 Å². The van der Waals surface area contributed by atoms with Crippen LogP contribution in [-0.4, -0.2) is 14.5 Å². The largest absolute Gasteiger partial charge is 0.327 e. The molecule has 0 unspecified atom stereocenters. The van der Waals surface area contributed by atoms with Crippen molar-refractivity contribution in [3.05, 3.63) is 35.9 Å². The van der Waals surface area contributed by atoms with Gasteiger partial charge in [-0.2, -0.15) is 5.26 Å². The molecule has 0 spiro atoms. The van der Waals surface area contributed by atoms with Gasteiger partial charge in [0.15, 0.2) is 5.69 Å². The van der Waals surface area contributed by atoms with Gasteiger partial charge in [0.05, 0.1) is 5.69 Å². The smallest absolute Gasteiger partial charge is 0.162 e. The normalized spacial score (nSPS) is 14.1. The van der Waals surface area contributed by atoms with E-state index in [0.717, 1.165) is 42.9 Å². The lowest BCUT2D eigenvalue weighted by atomic mass is 10.1. The zero-order chi connectivity index (χ0) is 11.7. The first kappa shape index (κ1) is 10.0. The third-order valence-corrected chi connectivity index (χ3v) is 3.16. The Bertz CT molecular complexity index is 577. The molecule has 0 saturated carbocycles. The lowest BCUT2D eigenvalue weighted by molar-refractivity contribution is 0.535. The highest BCUT2D eigenvalue weighted by atomic mass is 15.1. The second kappa shape index (κ2) is 4.02. The molecule has 0 N–H and O–H groups in total. The van der Waals surface area contributed by atoms with Crippen LogP contribution in [0.2, 0.25) is 0 Å². The molecule has 2 aromatic heterocycles. The number of nitrogens with zero attached hydrogens (tertiary/aromatic N) is 4. The maximum atomic E-state index is 9.12. The third kappa shape index (κ3) is 1.60. The second-order valence-corrected chi connectivity index (χ2v) is 4.19. The van der Waals surface area contributed by atoms with Crippen LogP contribution in [0.5, 0.6) is 0 Å². The zero-order valence-electron chi connectivity index (χ0n) is 9.43. The fourth-order valence-corrected chi connectivity index (χ4v) is 2.35. The predicted molar refractivity (Wildman–Crippen MR) is 63.1 cm³/mol. The molecule has 0 bridgehead atoms. The highest BCUT2D eigenvalue weighted by molar-refractivity contribution is 5.57. The second-order valence-electron chi connectivity index (χ2n) is 4.19. The summed E-state index contributed by atoms with van der Waals surface area (Å²) in [4.78, 5) is 8.46. The maximum Gasteiger partial charge on any atom is 0.162 e. The lowest BCUT2D eigenvalue weighted by Gasteiger charge is -2.16. The van der Waals surface area contributed by atoms with E-state index in [9.17, 15) is 0 Å². The van der Waals surface area contributed by atoms with E-state index in [1.165, 1.54) is 0 Å². The van der Waals surface area contributed by atoms with E-state index < -0.39 is 0 Å². The van der Waals surface area contributed by atoms with Gasteiger partial charge in [-0.1, -0.05) is 0 Å². The van der Waals surface area contributed by atoms with Gasteiger partial charge in [0.2, 0.25) is 0 Å². The molecule has 84 valence electrons. The van der Waals surface area contributed by atoms with Crippen molar-refractivity contribution in [1.82, 2.24) is 14.5 Å². The Morgan fingerprint density at radius 3 is 2.82 bits per heavy atom. The quantitative estimate of drug-likeness (QED) is 0.745. The molecule has 0 amide bonds. The molecule has 0 radical (unpaired) electrons. The van der Waals surface area contributed by atoms with Gasteiger partial charge in [-0.05, 0) is 31.4 Å². The Morgan fingerprint density at radius 2 is 2.06 bits per heavy atom. The number of fused-ring (bicyclic) bond motifs is 1. The Kier molecular flexibility index (Phi) is 2.37. The van der Waals surface area contributed by atoms with Crippen molar-refractivity contribution in [3.8, 4) is 17.5 Å². The minimum Gasteiger partial charge on any atom is -0.327 e. The molecule has 2 aromatic rings. The Morgan fingerprint density at radius 1 is 1.24 bits per heavy atom. The number of rotatable bonds is 1. The van der Waals surface area contributed by atoms with Crippen molar-refractivity contribution in [2.24, 2.45) is 0 Å². The highest BCUT2D eigenvalue weighted by Crippen LogP contribution is 2.26. The molecule has 1 aliphatic rings. The van der Waals surface area contributed by atoms with Gasteiger partial charge >= 0.3 is 0 Å². The lowest BCUT2D eigenvalue weighted by Crippen LogP contribution is -2.11. The van der Waals surface area contributed by atoms with E-state index in [1.54, 1.807) is 12.4 Å². The van der Waals surface area contributed by atoms with Gasteiger partial charge in [-0.25, -0.2) is 4.98 Å². The van der Waals surface area contributed by atoms with E-state index in [0.29, 0.717) is 5.69 Å².